The zero-order valence-corrected chi connectivity index (χ0v) is 8.70. The van der Waals surface area contributed by atoms with Gasteiger partial charge in [-0.3, -0.25) is 0 Å². The van der Waals surface area contributed by atoms with Crippen molar-refractivity contribution in [2.24, 2.45) is 5.92 Å². The van der Waals surface area contributed by atoms with Crippen LogP contribution in [0.3, 0.4) is 0 Å². The summed E-state index contributed by atoms with van der Waals surface area (Å²) in [5, 5.41) is 11.7. The topological polar surface area (TPSA) is 49.3 Å². The van der Waals surface area contributed by atoms with Gasteiger partial charge in [0.1, 0.15) is 0 Å². The highest BCUT2D eigenvalue weighted by Gasteiger charge is 2.20. The minimum atomic E-state index is -0.875. The Morgan fingerprint density at radius 3 is 2.79 bits per heavy atom. The highest BCUT2D eigenvalue weighted by atomic mass is 16.4. The average Bonchev–Trinajstić information content (AvgIpc) is 2.64. The quantitative estimate of drug-likeness (QED) is 0.661. The summed E-state index contributed by atoms with van der Waals surface area (Å²) in [6, 6.07) is 0.510. The maximum absolute atomic E-state index is 10.2. The Hall–Kier alpha value is -0.830. The number of rotatable bonds is 5. The minimum Gasteiger partial charge on any atom is -0.478 e. The molecule has 3 nitrogen and oxygen atoms in total. The summed E-state index contributed by atoms with van der Waals surface area (Å²) in [5.74, 6) is -0.0893. The van der Waals surface area contributed by atoms with Gasteiger partial charge in [-0.05, 0) is 25.7 Å². The second-order valence-corrected chi connectivity index (χ2v) is 3.98. The summed E-state index contributed by atoms with van der Waals surface area (Å²) in [4.78, 5) is 10.2. The van der Waals surface area contributed by atoms with Gasteiger partial charge in [0.15, 0.2) is 0 Å². The Bertz CT molecular complexity index is 207. The van der Waals surface area contributed by atoms with Crippen molar-refractivity contribution in [2.75, 3.05) is 6.54 Å². The van der Waals surface area contributed by atoms with Gasteiger partial charge in [0.2, 0.25) is 0 Å². The highest BCUT2D eigenvalue weighted by Crippen LogP contribution is 2.27. The first-order valence-corrected chi connectivity index (χ1v) is 5.33. The lowest BCUT2D eigenvalue weighted by atomic mass is 10.00. The van der Waals surface area contributed by atoms with E-state index < -0.39 is 5.97 Å². The fourth-order valence-electron chi connectivity index (χ4n) is 2.04. The molecule has 1 atom stereocenters. The monoisotopic (exact) mass is 197 g/mol. The molecule has 0 aromatic rings. The van der Waals surface area contributed by atoms with E-state index in [-0.39, 0.29) is 0 Å². The van der Waals surface area contributed by atoms with Gasteiger partial charge < -0.3 is 10.4 Å². The third-order valence-corrected chi connectivity index (χ3v) is 2.93. The van der Waals surface area contributed by atoms with Crippen molar-refractivity contribution in [1.82, 2.24) is 5.32 Å². The molecule has 0 heterocycles. The molecule has 0 amide bonds. The van der Waals surface area contributed by atoms with Crippen LogP contribution in [0, 0.1) is 5.92 Å². The molecule has 0 aromatic heterocycles. The third-order valence-electron chi connectivity index (χ3n) is 2.93. The van der Waals surface area contributed by atoms with Crippen LogP contribution >= 0.6 is 0 Å². The third kappa shape index (κ3) is 3.92. The van der Waals surface area contributed by atoms with Crippen LogP contribution in [0.5, 0.6) is 0 Å². The minimum absolute atomic E-state index is 0.510. The first-order chi connectivity index (χ1) is 6.70. The summed E-state index contributed by atoms with van der Waals surface area (Å²) >= 11 is 0. The molecule has 0 saturated heterocycles. The molecule has 1 aliphatic rings. The van der Waals surface area contributed by atoms with Crippen molar-refractivity contribution in [2.45, 2.75) is 38.6 Å². The Kier molecular flexibility index (Phi) is 4.66. The predicted octanol–water partition coefficient (Wildman–Crippen LogP) is 1.80. The van der Waals surface area contributed by atoms with E-state index >= 15 is 0 Å². The van der Waals surface area contributed by atoms with E-state index in [0.29, 0.717) is 12.6 Å². The zero-order valence-electron chi connectivity index (χ0n) is 8.70. The van der Waals surface area contributed by atoms with E-state index in [1.807, 2.05) is 0 Å². The van der Waals surface area contributed by atoms with Crippen LogP contribution in [-0.2, 0) is 4.79 Å². The molecule has 2 N–H and O–H groups in total. The smallest absolute Gasteiger partial charge is 0.328 e. The lowest BCUT2D eigenvalue weighted by Gasteiger charge is -2.19. The molecule has 1 rings (SSSR count). The number of hydrogen-bond donors (Lipinski definition) is 2. The lowest BCUT2D eigenvalue weighted by Crippen LogP contribution is -2.32. The second-order valence-electron chi connectivity index (χ2n) is 3.98. The van der Waals surface area contributed by atoms with Crippen LogP contribution < -0.4 is 5.32 Å². The van der Waals surface area contributed by atoms with Gasteiger partial charge in [0.25, 0.3) is 0 Å². The van der Waals surface area contributed by atoms with Crippen molar-refractivity contribution in [3.8, 4) is 0 Å². The fourth-order valence-corrected chi connectivity index (χ4v) is 2.04. The number of carboxylic acid groups (broad SMARTS) is 1. The summed E-state index contributed by atoms with van der Waals surface area (Å²) in [7, 11) is 0. The van der Waals surface area contributed by atoms with Crippen molar-refractivity contribution < 1.29 is 9.90 Å². The van der Waals surface area contributed by atoms with Gasteiger partial charge in [-0.2, -0.15) is 0 Å². The molecule has 1 saturated carbocycles. The van der Waals surface area contributed by atoms with Gasteiger partial charge in [-0.1, -0.05) is 18.9 Å². The molecular weight excluding hydrogens is 178 g/mol. The largest absolute Gasteiger partial charge is 0.478 e. The van der Waals surface area contributed by atoms with Crippen LogP contribution in [-0.4, -0.2) is 23.7 Å². The van der Waals surface area contributed by atoms with E-state index in [4.69, 9.17) is 5.11 Å². The van der Waals surface area contributed by atoms with Crippen LogP contribution in [0.4, 0.5) is 0 Å². The predicted molar refractivity (Wildman–Crippen MR) is 56.2 cm³/mol. The molecule has 14 heavy (non-hydrogen) atoms. The van der Waals surface area contributed by atoms with Crippen molar-refractivity contribution in [3.63, 3.8) is 0 Å². The van der Waals surface area contributed by atoms with E-state index in [9.17, 15) is 4.79 Å². The normalized spacial score (nSPS) is 20.4. The number of carbonyl (C=O) groups is 1. The van der Waals surface area contributed by atoms with Gasteiger partial charge >= 0.3 is 5.97 Å². The van der Waals surface area contributed by atoms with Crippen LogP contribution in [0.25, 0.3) is 0 Å². The van der Waals surface area contributed by atoms with E-state index in [0.717, 1.165) is 5.92 Å². The molecule has 1 fully saturated rings. The molecule has 80 valence electrons. The Morgan fingerprint density at radius 2 is 2.21 bits per heavy atom. The number of nitrogens with one attached hydrogen (secondary N) is 1. The van der Waals surface area contributed by atoms with E-state index in [1.54, 1.807) is 6.08 Å². The first kappa shape index (κ1) is 11.2. The summed E-state index contributed by atoms with van der Waals surface area (Å²) in [6.45, 7) is 2.84. The Labute approximate surface area is 85.2 Å². The number of hydrogen-bond acceptors (Lipinski definition) is 2. The van der Waals surface area contributed by atoms with Gasteiger partial charge in [0.05, 0.1) is 0 Å². The zero-order chi connectivity index (χ0) is 10.4. The summed E-state index contributed by atoms with van der Waals surface area (Å²) in [6.07, 6.45) is 8.18. The van der Waals surface area contributed by atoms with E-state index in [2.05, 4.69) is 12.2 Å². The SMILES string of the molecule is C[C@@H](NC/C=C/C(=O)O)C1CCCC1. The van der Waals surface area contributed by atoms with Crippen LogP contribution in [0.1, 0.15) is 32.6 Å². The standard InChI is InChI=1S/C11H19NO2/c1-9(10-5-2-3-6-10)12-8-4-7-11(13)14/h4,7,9-10,12H,2-3,5-6,8H2,1H3,(H,13,14)/b7-4+/t9-/m1/s1. The Morgan fingerprint density at radius 1 is 1.57 bits per heavy atom. The second kappa shape index (κ2) is 5.81. The molecular formula is C11H19NO2. The lowest BCUT2D eigenvalue weighted by molar-refractivity contribution is -0.131. The molecule has 0 aliphatic heterocycles. The van der Waals surface area contributed by atoms with Crippen molar-refractivity contribution in [3.05, 3.63) is 12.2 Å². The Balaban J connectivity index is 2.14. The average molecular weight is 197 g/mol. The number of carboxylic acids is 1. The van der Waals surface area contributed by atoms with Crippen LogP contribution in [0.2, 0.25) is 0 Å². The fraction of sp³-hybridized carbons (Fsp3) is 0.727. The first-order valence-electron chi connectivity index (χ1n) is 5.33. The number of aliphatic carboxylic acids is 1. The summed E-state index contributed by atoms with van der Waals surface area (Å²) < 4.78 is 0. The molecule has 0 unspecified atom stereocenters. The molecule has 0 spiro atoms. The highest BCUT2D eigenvalue weighted by molar-refractivity contribution is 5.79. The summed E-state index contributed by atoms with van der Waals surface area (Å²) in [5.41, 5.74) is 0. The molecule has 0 bridgehead atoms. The van der Waals surface area contributed by atoms with Crippen molar-refractivity contribution >= 4 is 5.97 Å². The molecule has 0 radical (unpaired) electrons. The van der Waals surface area contributed by atoms with Crippen LogP contribution in [0.15, 0.2) is 12.2 Å². The molecule has 0 aromatic carbocycles. The van der Waals surface area contributed by atoms with Gasteiger partial charge in [0, 0.05) is 18.7 Å². The molecule has 1 aliphatic carbocycles. The van der Waals surface area contributed by atoms with Gasteiger partial charge in [-0.25, -0.2) is 4.79 Å². The molecule has 3 heteroatoms. The van der Waals surface area contributed by atoms with E-state index in [1.165, 1.54) is 31.8 Å². The van der Waals surface area contributed by atoms with Gasteiger partial charge in [-0.15, -0.1) is 0 Å². The van der Waals surface area contributed by atoms with Crippen molar-refractivity contribution in [1.29, 1.82) is 0 Å². The maximum atomic E-state index is 10.2. The maximum Gasteiger partial charge on any atom is 0.328 e.